The van der Waals surface area contributed by atoms with Gasteiger partial charge in [-0.2, -0.15) is 0 Å². The molecule has 0 saturated heterocycles. The van der Waals surface area contributed by atoms with Crippen LogP contribution in [0.1, 0.15) is 25.0 Å². The number of likely N-dealkylation sites (N-methyl/N-ethyl adjacent to an activating group) is 1. The molecule has 0 heterocycles. The summed E-state index contributed by atoms with van der Waals surface area (Å²) in [6.45, 7) is 3.20. The van der Waals surface area contributed by atoms with Crippen molar-refractivity contribution in [2.24, 2.45) is 0 Å². The lowest BCUT2D eigenvalue weighted by molar-refractivity contribution is -0.139. The molecule has 8 nitrogen and oxygen atoms in total. The summed E-state index contributed by atoms with van der Waals surface area (Å²) in [4.78, 5) is 27.8. The molecule has 1 atom stereocenters. The maximum Gasteiger partial charge on any atom is 0.264 e. The number of carbonyl (C=O) groups excluding carboxylic acids is 2. The quantitative estimate of drug-likeness (QED) is 0.414. The third-order valence-electron chi connectivity index (χ3n) is 6.18. The van der Waals surface area contributed by atoms with E-state index in [-0.39, 0.29) is 17.3 Å². The normalized spacial score (nSPS) is 11.9. The summed E-state index contributed by atoms with van der Waals surface area (Å²) >= 11 is 0. The van der Waals surface area contributed by atoms with Crippen LogP contribution in [0.3, 0.4) is 0 Å². The van der Waals surface area contributed by atoms with Crippen LogP contribution in [0.25, 0.3) is 0 Å². The van der Waals surface area contributed by atoms with Crippen LogP contribution in [0.5, 0.6) is 5.75 Å². The van der Waals surface area contributed by atoms with Crippen LogP contribution in [0.15, 0.2) is 83.8 Å². The first-order valence-corrected chi connectivity index (χ1v) is 13.5. The second-order valence-electron chi connectivity index (χ2n) is 8.47. The van der Waals surface area contributed by atoms with Crippen molar-refractivity contribution >= 4 is 27.5 Å². The highest BCUT2D eigenvalue weighted by molar-refractivity contribution is 7.92. The van der Waals surface area contributed by atoms with E-state index in [1.54, 1.807) is 68.6 Å². The monoisotopic (exact) mass is 523 g/mol. The number of amides is 2. The van der Waals surface area contributed by atoms with Gasteiger partial charge in [-0.25, -0.2) is 8.42 Å². The number of nitrogens with one attached hydrogen (secondary N) is 1. The largest absolute Gasteiger partial charge is 0.497 e. The number of anilines is 1. The van der Waals surface area contributed by atoms with E-state index in [0.29, 0.717) is 17.9 Å². The van der Waals surface area contributed by atoms with Crippen LogP contribution >= 0.6 is 0 Å². The Bertz CT molecular complexity index is 1310. The van der Waals surface area contributed by atoms with Gasteiger partial charge in [-0.1, -0.05) is 55.5 Å². The highest BCUT2D eigenvalue weighted by atomic mass is 32.2. The van der Waals surface area contributed by atoms with Crippen molar-refractivity contribution in [3.8, 4) is 5.75 Å². The van der Waals surface area contributed by atoms with E-state index in [2.05, 4.69) is 5.32 Å². The molecule has 0 spiro atoms. The Kier molecular flexibility index (Phi) is 9.30. The van der Waals surface area contributed by atoms with Gasteiger partial charge in [-0.15, -0.1) is 0 Å². The number of nitrogens with zero attached hydrogens (tertiary/aromatic N) is 2. The number of aryl methyl sites for hydroxylation is 1. The summed E-state index contributed by atoms with van der Waals surface area (Å²) in [7, 11) is -1.02. The zero-order chi connectivity index (χ0) is 27.0. The van der Waals surface area contributed by atoms with Crippen molar-refractivity contribution in [3.05, 3.63) is 90.0 Å². The molecule has 0 aliphatic heterocycles. The van der Waals surface area contributed by atoms with Gasteiger partial charge in [-0.05, 0) is 54.8 Å². The van der Waals surface area contributed by atoms with Crippen molar-refractivity contribution < 1.29 is 22.7 Å². The van der Waals surface area contributed by atoms with Crippen LogP contribution in [0.4, 0.5) is 5.69 Å². The lowest BCUT2D eigenvalue weighted by Crippen LogP contribution is -2.50. The molecular weight excluding hydrogens is 490 g/mol. The van der Waals surface area contributed by atoms with Gasteiger partial charge in [0.15, 0.2) is 0 Å². The Balaban J connectivity index is 2.04. The molecule has 0 aromatic heterocycles. The third-order valence-corrected chi connectivity index (χ3v) is 7.95. The van der Waals surface area contributed by atoms with Gasteiger partial charge in [-0.3, -0.25) is 13.9 Å². The molecule has 2 amide bonds. The molecule has 0 bridgehead atoms. The summed E-state index contributed by atoms with van der Waals surface area (Å²) in [5.74, 6) is -0.192. The Morgan fingerprint density at radius 3 is 2.16 bits per heavy atom. The summed E-state index contributed by atoms with van der Waals surface area (Å²) in [5, 5.41) is 2.58. The number of benzene rings is 3. The van der Waals surface area contributed by atoms with Gasteiger partial charge < -0.3 is 15.0 Å². The maximum absolute atomic E-state index is 13.8. The molecule has 0 fully saturated rings. The van der Waals surface area contributed by atoms with E-state index in [9.17, 15) is 18.0 Å². The highest BCUT2D eigenvalue weighted by Crippen LogP contribution is 2.28. The average Bonchev–Trinajstić information content (AvgIpc) is 2.94. The molecule has 1 unspecified atom stereocenters. The first kappa shape index (κ1) is 27.7. The average molecular weight is 524 g/mol. The molecular formula is C28H33N3O5S. The first-order chi connectivity index (χ1) is 17.7. The number of rotatable bonds is 11. The van der Waals surface area contributed by atoms with Gasteiger partial charge in [0.1, 0.15) is 18.3 Å². The number of hydrogen-bond acceptors (Lipinski definition) is 5. The second kappa shape index (κ2) is 12.4. The number of ether oxygens (including phenoxy) is 1. The predicted octanol–water partition coefficient (Wildman–Crippen LogP) is 3.62. The molecule has 3 aromatic rings. The second-order valence-corrected chi connectivity index (χ2v) is 10.3. The summed E-state index contributed by atoms with van der Waals surface area (Å²) in [6.07, 6.45) is 0.579. The third kappa shape index (κ3) is 6.48. The minimum absolute atomic E-state index is 0.0785. The molecule has 196 valence electrons. The van der Waals surface area contributed by atoms with Gasteiger partial charge in [0.05, 0.1) is 17.7 Å². The Labute approximate surface area is 218 Å². The zero-order valence-corrected chi connectivity index (χ0v) is 22.4. The standard InChI is InChI=1S/C28H33N3O5S/c1-5-23-11-9-10-14-26(23)31(37(34,35)25-12-7-6-8-13-25)20-27(32)30(21(2)28(33)29-3)19-22-15-17-24(36-4)18-16-22/h6-18,21H,5,19-20H2,1-4H3,(H,29,33). The smallest absolute Gasteiger partial charge is 0.264 e. The number of hydrogen-bond donors (Lipinski definition) is 1. The SMILES string of the molecule is CCc1ccccc1N(CC(=O)N(Cc1ccc(OC)cc1)C(C)C(=O)NC)S(=O)(=O)c1ccccc1. The predicted molar refractivity (Wildman–Crippen MR) is 144 cm³/mol. The number of carbonyl (C=O) groups is 2. The fourth-order valence-corrected chi connectivity index (χ4v) is 5.48. The molecule has 3 aromatic carbocycles. The summed E-state index contributed by atoms with van der Waals surface area (Å²) < 4.78 is 34.0. The number of para-hydroxylation sites is 1. The van der Waals surface area contributed by atoms with Crippen molar-refractivity contribution in [1.29, 1.82) is 0 Å². The fraction of sp³-hybridized carbons (Fsp3) is 0.286. The van der Waals surface area contributed by atoms with Crippen LogP contribution in [-0.2, 0) is 32.6 Å². The Morgan fingerprint density at radius 2 is 1.57 bits per heavy atom. The number of methoxy groups -OCH3 is 1. The lowest BCUT2D eigenvalue weighted by Gasteiger charge is -2.32. The van der Waals surface area contributed by atoms with Gasteiger partial charge >= 0.3 is 0 Å². The minimum Gasteiger partial charge on any atom is -0.497 e. The Morgan fingerprint density at radius 1 is 0.946 bits per heavy atom. The van der Waals surface area contributed by atoms with E-state index in [0.717, 1.165) is 15.4 Å². The van der Waals surface area contributed by atoms with Crippen LogP contribution < -0.4 is 14.4 Å². The molecule has 0 saturated carbocycles. The molecule has 9 heteroatoms. The van der Waals surface area contributed by atoms with Crippen LogP contribution in [-0.4, -0.2) is 51.9 Å². The zero-order valence-electron chi connectivity index (χ0n) is 21.5. The van der Waals surface area contributed by atoms with Crippen LogP contribution in [0.2, 0.25) is 0 Å². The first-order valence-electron chi connectivity index (χ1n) is 12.0. The fourth-order valence-electron chi connectivity index (χ4n) is 4.01. The summed E-state index contributed by atoms with van der Waals surface area (Å²) in [5.41, 5.74) is 1.99. The Hall–Kier alpha value is -3.85. The van der Waals surface area contributed by atoms with E-state index >= 15 is 0 Å². The highest BCUT2D eigenvalue weighted by Gasteiger charge is 2.33. The van der Waals surface area contributed by atoms with E-state index in [1.807, 2.05) is 19.1 Å². The topological polar surface area (TPSA) is 96.0 Å². The van der Waals surface area contributed by atoms with E-state index in [1.165, 1.54) is 24.1 Å². The van der Waals surface area contributed by atoms with E-state index in [4.69, 9.17) is 4.74 Å². The maximum atomic E-state index is 13.8. The van der Waals surface area contributed by atoms with Crippen LogP contribution in [0, 0.1) is 0 Å². The summed E-state index contributed by atoms with van der Waals surface area (Å²) in [6, 6.07) is 21.5. The van der Waals surface area contributed by atoms with E-state index < -0.39 is 28.5 Å². The lowest BCUT2D eigenvalue weighted by atomic mass is 10.1. The molecule has 3 rings (SSSR count). The van der Waals surface area contributed by atoms with Crippen molar-refractivity contribution in [2.75, 3.05) is 25.0 Å². The van der Waals surface area contributed by atoms with Gasteiger partial charge in [0, 0.05) is 13.6 Å². The minimum atomic E-state index is -4.08. The number of sulfonamides is 1. The molecule has 0 radical (unpaired) electrons. The van der Waals surface area contributed by atoms with Crippen molar-refractivity contribution in [2.45, 2.75) is 37.8 Å². The van der Waals surface area contributed by atoms with Gasteiger partial charge in [0.2, 0.25) is 11.8 Å². The molecule has 0 aliphatic carbocycles. The van der Waals surface area contributed by atoms with Crippen molar-refractivity contribution in [1.82, 2.24) is 10.2 Å². The van der Waals surface area contributed by atoms with Gasteiger partial charge in [0.25, 0.3) is 10.0 Å². The molecule has 1 N–H and O–H groups in total. The molecule has 0 aliphatic rings. The molecule has 37 heavy (non-hydrogen) atoms. The van der Waals surface area contributed by atoms with Crippen molar-refractivity contribution in [3.63, 3.8) is 0 Å².